The summed E-state index contributed by atoms with van der Waals surface area (Å²) in [6, 6.07) is 12.2. The molecule has 0 spiro atoms. The van der Waals surface area contributed by atoms with Gasteiger partial charge in [-0.2, -0.15) is 0 Å². The van der Waals surface area contributed by atoms with Gasteiger partial charge in [-0.05, 0) is 56.2 Å². The minimum absolute atomic E-state index is 0.116. The van der Waals surface area contributed by atoms with Gasteiger partial charge in [0.25, 0.3) is 0 Å². The number of anilines is 1. The van der Waals surface area contributed by atoms with Crippen molar-refractivity contribution in [3.8, 4) is 11.5 Å². The number of methoxy groups -OCH3 is 2. The molecule has 0 aliphatic heterocycles. The van der Waals surface area contributed by atoms with Crippen molar-refractivity contribution in [2.75, 3.05) is 19.5 Å². The summed E-state index contributed by atoms with van der Waals surface area (Å²) in [5.74, 6) is 1.35. The molecule has 2 rings (SSSR count). The second-order valence-electron chi connectivity index (χ2n) is 5.75. The van der Waals surface area contributed by atoms with Crippen LogP contribution in [0.3, 0.4) is 0 Å². The van der Waals surface area contributed by atoms with E-state index < -0.39 is 0 Å². The molecule has 1 atom stereocenters. The maximum Gasteiger partial charge on any atom is 0.171 e. The number of benzene rings is 2. The van der Waals surface area contributed by atoms with E-state index in [9.17, 15) is 0 Å². The van der Waals surface area contributed by atoms with E-state index in [0.717, 1.165) is 5.69 Å². The van der Waals surface area contributed by atoms with E-state index in [-0.39, 0.29) is 6.04 Å². The van der Waals surface area contributed by atoms with E-state index in [1.807, 2.05) is 18.2 Å². The number of thiocarbonyl (C=S) groups is 1. The topological polar surface area (TPSA) is 42.5 Å². The van der Waals surface area contributed by atoms with Crippen LogP contribution in [-0.4, -0.2) is 19.3 Å². The Labute approximate surface area is 149 Å². The maximum absolute atomic E-state index is 5.43. The third-order valence-electron chi connectivity index (χ3n) is 3.89. The Kier molecular flexibility index (Phi) is 6.04. The lowest BCUT2D eigenvalue weighted by Crippen LogP contribution is -2.31. The molecule has 4 nitrogen and oxygen atoms in total. The zero-order valence-corrected chi connectivity index (χ0v) is 15.6. The van der Waals surface area contributed by atoms with Crippen molar-refractivity contribution in [2.45, 2.75) is 26.8 Å². The molecule has 24 heavy (non-hydrogen) atoms. The Morgan fingerprint density at radius 2 is 1.71 bits per heavy atom. The SMILES string of the molecule is COc1ccc(NC(=S)N[C@@H](C)c2cc(C)ccc2C)cc1OC. The Morgan fingerprint density at radius 3 is 2.38 bits per heavy atom. The highest BCUT2D eigenvalue weighted by Gasteiger charge is 2.11. The van der Waals surface area contributed by atoms with Crippen LogP contribution in [0.4, 0.5) is 5.69 Å². The van der Waals surface area contributed by atoms with E-state index in [1.54, 1.807) is 14.2 Å². The van der Waals surface area contributed by atoms with E-state index in [0.29, 0.717) is 16.6 Å². The molecule has 0 aromatic heterocycles. The summed E-state index contributed by atoms with van der Waals surface area (Å²) in [6.07, 6.45) is 0. The van der Waals surface area contributed by atoms with Gasteiger partial charge >= 0.3 is 0 Å². The zero-order chi connectivity index (χ0) is 17.7. The number of hydrogen-bond donors (Lipinski definition) is 2. The van der Waals surface area contributed by atoms with Gasteiger partial charge in [0.1, 0.15) is 0 Å². The second kappa shape index (κ2) is 8.02. The molecule has 2 aromatic carbocycles. The van der Waals surface area contributed by atoms with Crippen molar-refractivity contribution in [2.24, 2.45) is 0 Å². The minimum atomic E-state index is 0.116. The Hall–Kier alpha value is -2.27. The number of nitrogens with one attached hydrogen (secondary N) is 2. The van der Waals surface area contributed by atoms with Crippen molar-refractivity contribution in [3.63, 3.8) is 0 Å². The molecule has 0 unspecified atom stereocenters. The predicted octanol–water partition coefficient (Wildman–Crippen LogP) is 4.37. The molecule has 0 fully saturated rings. The fourth-order valence-corrected chi connectivity index (χ4v) is 2.88. The van der Waals surface area contributed by atoms with Gasteiger partial charge < -0.3 is 20.1 Å². The third-order valence-corrected chi connectivity index (χ3v) is 4.11. The van der Waals surface area contributed by atoms with Gasteiger partial charge in [-0.15, -0.1) is 0 Å². The summed E-state index contributed by atoms with van der Waals surface area (Å²) in [6.45, 7) is 6.30. The molecule has 0 radical (unpaired) electrons. The number of ether oxygens (including phenoxy) is 2. The first-order chi connectivity index (χ1) is 11.4. The summed E-state index contributed by atoms with van der Waals surface area (Å²) in [5, 5.41) is 7.08. The standard InChI is InChI=1S/C19H24N2O2S/c1-12-6-7-13(2)16(10-12)14(3)20-19(24)21-15-8-9-17(22-4)18(11-15)23-5/h6-11,14H,1-5H3,(H2,20,21,24)/t14-/m0/s1. The summed E-state index contributed by atoms with van der Waals surface area (Å²) < 4.78 is 10.6. The summed E-state index contributed by atoms with van der Waals surface area (Å²) in [5.41, 5.74) is 4.57. The highest BCUT2D eigenvalue weighted by Crippen LogP contribution is 2.29. The van der Waals surface area contributed by atoms with Crippen LogP contribution in [0.15, 0.2) is 36.4 Å². The molecular formula is C19H24N2O2S. The Bertz CT molecular complexity index is 731. The van der Waals surface area contributed by atoms with E-state index in [1.165, 1.54) is 16.7 Å². The van der Waals surface area contributed by atoms with Crippen molar-refractivity contribution in [1.29, 1.82) is 0 Å². The normalized spacial score (nSPS) is 11.5. The molecule has 0 aliphatic rings. The van der Waals surface area contributed by atoms with E-state index in [2.05, 4.69) is 49.6 Å². The van der Waals surface area contributed by atoms with Crippen molar-refractivity contribution in [1.82, 2.24) is 5.32 Å². The monoisotopic (exact) mass is 344 g/mol. The van der Waals surface area contributed by atoms with Crippen LogP contribution in [0, 0.1) is 13.8 Å². The molecule has 2 N–H and O–H groups in total. The highest BCUT2D eigenvalue weighted by atomic mass is 32.1. The van der Waals surface area contributed by atoms with Gasteiger partial charge in [-0.1, -0.05) is 23.8 Å². The van der Waals surface area contributed by atoms with Crippen LogP contribution in [-0.2, 0) is 0 Å². The first-order valence-electron chi connectivity index (χ1n) is 7.81. The van der Waals surface area contributed by atoms with E-state index >= 15 is 0 Å². The van der Waals surface area contributed by atoms with Gasteiger partial charge in [0.2, 0.25) is 0 Å². The quantitative estimate of drug-likeness (QED) is 0.789. The lowest BCUT2D eigenvalue weighted by atomic mass is 10.0. The first-order valence-corrected chi connectivity index (χ1v) is 8.22. The molecule has 0 amide bonds. The lowest BCUT2D eigenvalue weighted by Gasteiger charge is -2.20. The van der Waals surface area contributed by atoms with Crippen LogP contribution in [0.2, 0.25) is 0 Å². The minimum Gasteiger partial charge on any atom is -0.493 e. The van der Waals surface area contributed by atoms with Gasteiger partial charge in [0, 0.05) is 11.8 Å². The van der Waals surface area contributed by atoms with E-state index in [4.69, 9.17) is 21.7 Å². The highest BCUT2D eigenvalue weighted by molar-refractivity contribution is 7.80. The summed E-state index contributed by atoms with van der Waals surface area (Å²) in [4.78, 5) is 0. The molecule has 0 saturated heterocycles. The smallest absolute Gasteiger partial charge is 0.171 e. The number of aryl methyl sites for hydroxylation is 2. The first kappa shape index (κ1) is 18.1. The lowest BCUT2D eigenvalue weighted by molar-refractivity contribution is 0.355. The molecule has 5 heteroatoms. The van der Waals surface area contributed by atoms with Crippen LogP contribution < -0.4 is 20.1 Å². The average Bonchev–Trinajstić information content (AvgIpc) is 2.56. The van der Waals surface area contributed by atoms with Crippen LogP contribution in [0.25, 0.3) is 0 Å². The van der Waals surface area contributed by atoms with Gasteiger partial charge in [0.15, 0.2) is 16.6 Å². The van der Waals surface area contributed by atoms with Crippen LogP contribution >= 0.6 is 12.2 Å². The molecular weight excluding hydrogens is 320 g/mol. The molecule has 0 heterocycles. The molecule has 2 aromatic rings. The van der Waals surface area contributed by atoms with Crippen molar-refractivity contribution >= 4 is 23.0 Å². The van der Waals surface area contributed by atoms with Crippen molar-refractivity contribution < 1.29 is 9.47 Å². The summed E-state index contributed by atoms with van der Waals surface area (Å²) >= 11 is 5.43. The predicted molar refractivity (Wildman–Crippen MR) is 103 cm³/mol. The largest absolute Gasteiger partial charge is 0.493 e. The molecule has 0 bridgehead atoms. The molecule has 0 saturated carbocycles. The fraction of sp³-hybridized carbons (Fsp3) is 0.316. The van der Waals surface area contributed by atoms with Gasteiger partial charge in [0.05, 0.1) is 20.3 Å². The van der Waals surface area contributed by atoms with Crippen LogP contribution in [0.5, 0.6) is 11.5 Å². The number of rotatable bonds is 5. The third kappa shape index (κ3) is 4.38. The van der Waals surface area contributed by atoms with Crippen LogP contribution in [0.1, 0.15) is 29.7 Å². The van der Waals surface area contributed by atoms with Crippen molar-refractivity contribution in [3.05, 3.63) is 53.1 Å². The van der Waals surface area contributed by atoms with Gasteiger partial charge in [-0.25, -0.2) is 0 Å². The average molecular weight is 344 g/mol. The Morgan fingerprint density at radius 1 is 1.00 bits per heavy atom. The summed E-state index contributed by atoms with van der Waals surface area (Å²) in [7, 11) is 3.23. The second-order valence-corrected chi connectivity index (χ2v) is 6.16. The van der Waals surface area contributed by atoms with Gasteiger partial charge in [-0.3, -0.25) is 0 Å². The molecule has 128 valence electrons. The zero-order valence-electron chi connectivity index (χ0n) is 14.8. The maximum atomic E-state index is 5.43. The molecule has 0 aliphatic carbocycles. The fourth-order valence-electron chi connectivity index (χ4n) is 2.58. The Balaban J connectivity index is 2.06. The number of hydrogen-bond acceptors (Lipinski definition) is 3.